The smallest absolute Gasteiger partial charge is 0.293 e. The average molecular weight is 290 g/mol. The second-order valence-electron chi connectivity index (χ2n) is 4.60. The number of nitro groups is 1. The van der Waals surface area contributed by atoms with Gasteiger partial charge in [-0.1, -0.05) is 19.1 Å². The van der Waals surface area contributed by atoms with Crippen LogP contribution in [0.2, 0.25) is 0 Å². The third-order valence-corrected chi connectivity index (χ3v) is 3.27. The van der Waals surface area contributed by atoms with Crippen molar-refractivity contribution in [2.75, 3.05) is 12.0 Å². The highest BCUT2D eigenvalue weighted by Crippen LogP contribution is 2.28. The molecule has 0 spiro atoms. The van der Waals surface area contributed by atoms with Crippen LogP contribution in [0.25, 0.3) is 0 Å². The van der Waals surface area contributed by atoms with Crippen molar-refractivity contribution in [1.82, 2.24) is 4.90 Å². The van der Waals surface area contributed by atoms with Gasteiger partial charge < -0.3 is 9.84 Å². The number of rotatable bonds is 7. The summed E-state index contributed by atoms with van der Waals surface area (Å²) in [6.45, 7) is 3.98. The molecule has 3 N–H and O–H groups in total. The number of anilines is 1. The topological polar surface area (TPSA) is 97.6 Å². The maximum absolute atomic E-state index is 11.0. The predicted molar refractivity (Wildman–Crippen MR) is 79.4 cm³/mol. The number of hydrogen-bond acceptors (Lipinski definition) is 6. The third kappa shape index (κ3) is 3.59. The molecule has 1 aromatic carbocycles. The Kier molecular flexibility index (Phi) is 4.91. The molecule has 0 saturated carbocycles. The van der Waals surface area contributed by atoms with Gasteiger partial charge in [0.25, 0.3) is 5.69 Å². The summed E-state index contributed by atoms with van der Waals surface area (Å²) in [5.41, 5.74) is 3.54. The van der Waals surface area contributed by atoms with Gasteiger partial charge in [0.05, 0.1) is 17.7 Å². The number of hydrogen-bond donors (Lipinski definition) is 2. The maximum atomic E-state index is 11.0. The summed E-state index contributed by atoms with van der Waals surface area (Å²) in [6, 6.07) is 8.66. The molecule has 0 fully saturated rings. The number of para-hydroxylation sites is 1. The molecule has 2 aromatic rings. The van der Waals surface area contributed by atoms with Crippen LogP contribution in [0.5, 0.6) is 0 Å². The van der Waals surface area contributed by atoms with Crippen LogP contribution in [0, 0.1) is 10.1 Å². The lowest BCUT2D eigenvalue weighted by atomic mass is 10.1. The van der Waals surface area contributed by atoms with Gasteiger partial charge in [-0.15, -0.1) is 0 Å². The summed E-state index contributed by atoms with van der Waals surface area (Å²) in [7, 11) is 0. The van der Waals surface area contributed by atoms with Crippen molar-refractivity contribution in [2.45, 2.75) is 20.0 Å². The van der Waals surface area contributed by atoms with E-state index in [4.69, 9.17) is 10.3 Å². The largest absolute Gasteiger partial charge is 0.468 e. The number of nitrogen functional groups attached to an aromatic ring is 1. The maximum Gasteiger partial charge on any atom is 0.293 e. The summed E-state index contributed by atoms with van der Waals surface area (Å²) < 4.78 is 5.33. The van der Waals surface area contributed by atoms with E-state index in [-0.39, 0.29) is 5.69 Å². The Morgan fingerprint density at radius 2 is 2.14 bits per heavy atom. The van der Waals surface area contributed by atoms with Crippen LogP contribution in [0.4, 0.5) is 11.4 Å². The van der Waals surface area contributed by atoms with Crippen molar-refractivity contribution in [3.8, 4) is 0 Å². The van der Waals surface area contributed by atoms with Gasteiger partial charge in [-0.25, -0.2) is 0 Å². The van der Waals surface area contributed by atoms with E-state index in [9.17, 15) is 10.1 Å². The van der Waals surface area contributed by atoms with E-state index in [1.807, 2.05) is 25.1 Å². The first kappa shape index (κ1) is 15.0. The highest BCUT2D eigenvalue weighted by molar-refractivity contribution is 5.65. The highest BCUT2D eigenvalue weighted by atomic mass is 16.6. The lowest BCUT2D eigenvalue weighted by Crippen LogP contribution is -2.23. The lowest BCUT2D eigenvalue weighted by molar-refractivity contribution is -0.384. The Labute approximate surface area is 122 Å². The van der Waals surface area contributed by atoms with Gasteiger partial charge in [-0.05, 0) is 24.2 Å². The van der Waals surface area contributed by atoms with Crippen LogP contribution in [0.15, 0.2) is 41.0 Å². The number of nitro benzene ring substituents is 1. The standard InChI is InChI=1S/C14H18N4O3/c1-2-17(10-12-6-4-8-21-12)9-11-5-3-7-13(18(19)20)14(11)16-15/h3-8,16H,2,9-10,15H2,1H3. The SMILES string of the molecule is CCN(Cc1ccco1)Cc1cccc([N+](=O)[O-])c1NN. The Hall–Kier alpha value is -2.38. The second kappa shape index (κ2) is 6.87. The van der Waals surface area contributed by atoms with Gasteiger partial charge in [-0.2, -0.15) is 0 Å². The molecule has 0 aliphatic heterocycles. The zero-order chi connectivity index (χ0) is 15.2. The Morgan fingerprint density at radius 1 is 1.33 bits per heavy atom. The zero-order valence-electron chi connectivity index (χ0n) is 11.8. The van der Waals surface area contributed by atoms with E-state index in [1.165, 1.54) is 6.07 Å². The van der Waals surface area contributed by atoms with Crippen molar-refractivity contribution in [3.05, 3.63) is 58.0 Å². The van der Waals surface area contributed by atoms with Crippen LogP contribution >= 0.6 is 0 Å². The van der Waals surface area contributed by atoms with Crippen LogP contribution in [-0.4, -0.2) is 16.4 Å². The molecule has 0 radical (unpaired) electrons. The molecule has 7 heteroatoms. The molecule has 21 heavy (non-hydrogen) atoms. The molecule has 0 atom stereocenters. The average Bonchev–Trinajstić information content (AvgIpc) is 2.99. The van der Waals surface area contributed by atoms with Gasteiger partial charge in [0, 0.05) is 12.6 Å². The first-order chi connectivity index (χ1) is 10.2. The van der Waals surface area contributed by atoms with E-state index in [2.05, 4.69) is 10.3 Å². The molecule has 0 aliphatic carbocycles. The van der Waals surface area contributed by atoms with Gasteiger partial charge in [0.1, 0.15) is 11.4 Å². The molecule has 7 nitrogen and oxygen atoms in total. The van der Waals surface area contributed by atoms with Crippen LogP contribution in [0.1, 0.15) is 18.2 Å². The summed E-state index contributed by atoms with van der Waals surface area (Å²) in [4.78, 5) is 12.7. The first-order valence-corrected chi connectivity index (χ1v) is 6.63. The van der Waals surface area contributed by atoms with Crippen LogP contribution < -0.4 is 11.3 Å². The number of nitrogens with two attached hydrogens (primary N) is 1. The molecule has 0 amide bonds. The molecule has 112 valence electrons. The minimum Gasteiger partial charge on any atom is -0.468 e. The van der Waals surface area contributed by atoms with Crippen molar-refractivity contribution < 1.29 is 9.34 Å². The second-order valence-corrected chi connectivity index (χ2v) is 4.60. The summed E-state index contributed by atoms with van der Waals surface area (Å²) in [5, 5.41) is 11.0. The number of nitrogens with zero attached hydrogens (tertiary/aromatic N) is 2. The minimum absolute atomic E-state index is 0.0240. The van der Waals surface area contributed by atoms with Gasteiger partial charge >= 0.3 is 0 Å². The molecule has 0 aliphatic rings. The van der Waals surface area contributed by atoms with E-state index >= 15 is 0 Å². The van der Waals surface area contributed by atoms with Gasteiger partial charge in [-0.3, -0.25) is 20.9 Å². The van der Waals surface area contributed by atoms with E-state index in [0.29, 0.717) is 18.8 Å². The Morgan fingerprint density at radius 3 is 2.71 bits per heavy atom. The summed E-state index contributed by atoms with van der Waals surface area (Å²) >= 11 is 0. The Bertz CT molecular complexity index is 598. The molecular weight excluding hydrogens is 272 g/mol. The Balaban J connectivity index is 2.20. The molecule has 1 heterocycles. The molecule has 0 unspecified atom stereocenters. The summed E-state index contributed by atoms with van der Waals surface area (Å²) in [6.07, 6.45) is 1.63. The fourth-order valence-electron chi connectivity index (χ4n) is 2.18. The van der Waals surface area contributed by atoms with Crippen molar-refractivity contribution >= 4 is 11.4 Å². The quantitative estimate of drug-likeness (QED) is 0.462. The van der Waals surface area contributed by atoms with Crippen LogP contribution in [-0.2, 0) is 13.1 Å². The number of benzene rings is 1. The normalized spacial score (nSPS) is 10.8. The lowest BCUT2D eigenvalue weighted by Gasteiger charge is -2.20. The van der Waals surface area contributed by atoms with E-state index in [0.717, 1.165) is 17.9 Å². The fraction of sp³-hybridized carbons (Fsp3) is 0.286. The van der Waals surface area contributed by atoms with E-state index in [1.54, 1.807) is 12.3 Å². The fourth-order valence-corrected chi connectivity index (χ4v) is 2.18. The van der Waals surface area contributed by atoms with Gasteiger partial charge in [0.2, 0.25) is 0 Å². The van der Waals surface area contributed by atoms with Crippen molar-refractivity contribution in [3.63, 3.8) is 0 Å². The predicted octanol–water partition coefficient (Wildman–Crippen LogP) is 2.50. The molecule has 2 rings (SSSR count). The van der Waals surface area contributed by atoms with Gasteiger partial charge in [0.15, 0.2) is 0 Å². The zero-order valence-corrected chi connectivity index (χ0v) is 11.8. The third-order valence-electron chi connectivity index (χ3n) is 3.27. The molecular formula is C14H18N4O3. The minimum atomic E-state index is -0.443. The van der Waals surface area contributed by atoms with Crippen molar-refractivity contribution in [1.29, 1.82) is 0 Å². The molecule has 1 aromatic heterocycles. The molecule has 0 saturated heterocycles. The number of nitrogens with one attached hydrogen (secondary N) is 1. The number of hydrazine groups is 1. The monoisotopic (exact) mass is 290 g/mol. The summed E-state index contributed by atoms with van der Waals surface area (Å²) in [5.74, 6) is 6.30. The highest BCUT2D eigenvalue weighted by Gasteiger charge is 2.18. The molecule has 0 bridgehead atoms. The van der Waals surface area contributed by atoms with E-state index < -0.39 is 4.92 Å². The van der Waals surface area contributed by atoms with Crippen molar-refractivity contribution in [2.24, 2.45) is 5.84 Å². The first-order valence-electron chi connectivity index (χ1n) is 6.63. The number of furan rings is 1. The van der Waals surface area contributed by atoms with Crippen LogP contribution in [0.3, 0.4) is 0 Å².